The maximum atomic E-state index is 11.7. The largest absolute Gasteiger partial charge is 0.466 e. The van der Waals surface area contributed by atoms with Gasteiger partial charge >= 0.3 is 5.97 Å². The van der Waals surface area contributed by atoms with Crippen molar-refractivity contribution in [1.29, 1.82) is 0 Å². The van der Waals surface area contributed by atoms with Crippen LogP contribution in [-0.2, 0) is 9.53 Å². The van der Waals surface area contributed by atoms with Crippen LogP contribution >= 0.6 is 0 Å². The Labute approximate surface area is 227 Å². The van der Waals surface area contributed by atoms with E-state index < -0.39 is 0 Å². The molecule has 2 nitrogen and oxygen atoms in total. The fourth-order valence-electron chi connectivity index (χ4n) is 5.06. The van der Waals surface area contributed by atoms with E-state index in [4.69, 9.17) is 4.74 Å². The highest BCUT2D eigenvalue weighted by Crippen LogP contribution is 2.16. The predicted molar refractivity (Wildman–Crippen MR) is 161 cm³/mol. The number of hydrogen-bond acceptors (Lipinski definition) is 2. The van der Waals surface area contributed by atoms with E-state index >= 15 is 0 Å². The molecule has 0 aromatic rings. The summed E-state index contributed by atoms with van der Waals surface area (Å²) in [7, 11) is 0. The summed E-state index contributed by atoms with van der Waals surface area (Å²) >= 11 is 0. The Hall–Kier alpha value is -0.790. The van der Waals surface area contributed by atoms with Crippen LogP contribution in [0.15, 0.2) is 12.7 Å². The highest BCUT2D eigenvalue weighted by atomic mass is 16.5. The topological polar surface area (TPSA) is 26.3 Å². The Kier molecular flexibility index (Phi) is 31.5. The number of unbranched alkanes of at least 4 members (excludes halogenated alkanes) is 26. The molecule has 0 spiro atoms. The molecule has 0 amide bonds. The van der Waals surface area contributed by atoms with Gasteiger partial charge in [0.1, 0.15) is 0 Å². The molecule has 2 heteroatoms. The second-order valence-electron chi connectivity index (χ2n) is 11.2. The molecule has 0 aliphatic rings. The third-order valence-corrected chi connectivity index (χ3v) is 7.55. The zero-order valence-corrected chi connectivity index (χ0v) is 24.8. The predicted octanol–water partition coefficient (Wildman–Crippen LogP) is 12.0. The van der Waals surface area contributed by atoms with Crippen LogP contribution in [0.3, 0.4) is 0 Å². The monoisotopic (exact) mass is 507 g/mol. The van der Waals surface area contributed by atoms with Crippen molar-refractivity contribution in [2.75, 3.05) is 6.61 Å². The normalized spacial score (nSPS) is 11.1. The van der Waals surface area contributed by atoms with Gasteiger partial charge in [-0.1, -0.05) is 161 Å². The molecule has 0 aromatic heterocycles. The van der Waals surface area contributed by atoms with Crippen molar-refractivity contribution in [3.05, 3.63) is 12.7 Å². The first-order chi connectivity index (χ1) is 17.8. The lowest BCUT2D eigenvalue weighted by molar-refractivity contribution is -0.143. The molecular weight excluding hydrogens is 440 g/mol. The average molecular weight is 507 g/mol. The van der Waals surface area contributed by atoms with Crippen molar-refractivity contribution in [2.45, 2.75) is 193 Å². The van der Waals surface area contributed by atoms with Crippen LogP contribution in [0.4, 0.5) is 0 Å². The van der Waals surface area contributed by atoms with Gasteiger partial charge in [0.2, 0.25) is 0 Å². The van der Waals surface area contributed by atoms with Crippen LogP contribution in [0.1, 0.15) is 193 Å². The maximum absolute atomic E-state index is 11.7. The Morgan fingerprint density at radius 1 is 0.500 bits per heavy atom. The first-order valence-corrected chi connectivity index (χ1v) is 16.6. The van der Waals surface area contributed by atoms with Crippen molar-refractivity contribution in [1.82, 2.24) is 0 Å². The van der Waals surface area contributed by atoms with Gasteiger partial charge in [0, 0.05) is 6.42 Å². The van der Waals surface area contributed by atoms with E-state index in [1.165, 1.54) is 148 Å². The van der Waals surface area contributed by atoms with Crippen molar-refractivity contribution >= 4 is 5.97 Å². The molecule has 0 atom stereocenters. The number of rotatable bonds is 31. The van der Waals surface area contributed by atoms with Crippen molar-refractivity contribution < 1.29 is 9.53 Å². The van der Waals surface area contributed by atoms with Crippen LogP contribution in [-0.4, -0.2) is 12.6 Å². The lowest BCUT2D eigenvalue weighted by Crippen LogP contribution is -2.05. The number of hydrogen-bond donors (Lipinski definition) is 0. The quantitative estimate of drug-likeness (QED) is 0.0530. The van der Waals surface area contributed by atoms with E-state index in [1.54, 1.807) is 0 Å². The van der Waals surface area contributed by atoms with Crippen LogP contribution in [0.2, 0.25) is 0 Å². The van der Waals surface area contributed by atoms with E-state index in [1.807, 2.05) is 6.08 Å². The van der Waals surface area contributed by atoms with E-state index in [-0.39, 0.29) is 5.97 Å². The smallest absolute Gasteiger partial charge is 0.305 e. The standard InChI is InChI=1S/C34H66O2/c1-3-5-7-9-10-11-12-13-14-15-16-17-18-19-20-21-22-23-24-25-26-27-28-30-32-34(35)36-33-31-29-8-6-4-2/h4H,2-3,5-33H2,1H3. The maximum Gasteiger partial charge on any atom is 0.305 e. The summed E-state index contributed by atoms with van der Waals surface area (Å²) in [5.74, 6) is -0.00229. The van der Waals surface area contributed by atoms with Gasteiger partial charge in [0.15, 0.2) is 0 Å². The van der Waals surface area contributed by atoms with Crippen molar-refractivity contribution in [2.24, 2.45) is 0 Å². The summed E-state index contributed by atoms with van der Waals surface area (Å²) in [5.41, 5.74) is 0. The molecule has 0 rings (SSSR count). The Morgan fingerprint density at radius 3 is 1.19 bits per heavy atom. The molecule has 0 saturated carbocycles. The van der Waals surface area contributed by atoms with Crippen molar-refractivity contribution in [3.63, 3.8) is 0 Å². The van der Waals surface area contributed by atoms with Crippen LogP contribution in [0.25, 0.3) is 0 Å². The summed E-state index contributed by atoms with van der Waals surface area (Å²) < 4.78 is 5.31. The van der Waals surface area contributed by atoms with Crippen LogP contribution in [0, 0.1) is 0 Å². The Bertz CT molecular complexity index is 431. The van der Waals surface area contributed by atoms with Gasteiger partial charge in [0.05, 0.1) is 6.61 Å². The number of carbonyl (C=O) groups is 1. The molecule has 214 valence electrons. The minimum atomic E-state index is -0.00229. The average Bonchev–Trinajstić information content (AvgIpc) is 2.88. The zero-order chi connectivity index (χ0) is 26.2. The summed E-state index contributed by atoms with van der Waals surface area (Å²) in [6, 6.07) is 0. The van der Waals surface area contributed by atoms with E-state index in [9.17, 15) is 4.79 Å². The molecule has 0 aliphatic carbocycles. The van der Waals surface area contributed by atoms with Gasteiger partial charge in [0.25, 0.3) is 0 Å². The molecular formula is C34H66O2. The molecule has 0 saturated heterocycles. The van der Waals surface area contributed by atoms with Crippen LogP contribution < -0.4 is 0 Å². The first kappa shape index (κ1) is 35.2. The van der Waals surface area contributed by atoms with E-state index in [0.29, 0.717) is 13.0 Å². The molecule has 0 aromatic carbocycles. The lowest BCUT2D eigenvalue weighted by atomic mass is 10.0. The lowest BCUT2D eigenvalue weighted by Gasteiger charge is -2.05. The van der Waals surface area contributed by atoms with Gasteiger partial charge < -0.3 is 4.74 Å². The third kappa shape index (κ3) is 31.2. The molecule has 36 heavy (non-hydrogen) atoms. The van der Waals surface area contributed by atoms with E-state index in [0.717, 1.165) is 32.1 Å². The number of carbonyl (C=O) groups excluding carboxylic acids is 1. The molecule has 0 bridgehead atoms. The Morgan fingerprint density at radius 2 is 0.833 bits per heavy atom. The summed E-state index contributed by atoms with van der Waals surface area (Å²) in [6.45, 7) is 6.62. The highest BCUT2D eigenvalue weighted by molar-refractivity contribution is 5.69. The summed E-state index contributed by atoms with van der Waals surface area (Å²) in [5, 5.41) is 0. The summed E-state index contributed by atoms with van der Waals surface area (Å²) in [6.07, 6.45) is 40.5. The number of ether oxygens (including phenoxy) is 1. The fourth-order valence-corrected chi connectivity index (χ4v) is 5.06. The Balaban J connectivity index is 3.09. The molecule has 0 unspecified atom stereocenters. The number of esters is 1. The fraction of sp³-hybridized carbons (Fsp3) is 0.912. The van der Waals surface area contributed by atoms with Gasteiger partial charge in [-0.3, -0.25) is 4.79 Å². The first-order valence-electron chi connectivity index (χ1n) is 16.6. The van der Waals surface area contributed by atoms with Crippen molar-refractivity contribution in [3.8, 4) is 0 Å². The SMILES string of the molecule is C=CCCCCCOC(=O)CCCCCCCCCCCCCCCCCCCCCCCCCC. The van der Waals surface area contributed by atoms with Gasteiger partial charge in [-0.15, -0.1) is 6.58 Å². The zero-order valence-electron chi connectivity index (χ0n) is 24.8. The second kappa shape index (κ2) is 32.2. The molecule has 0 aliphatic heterocycles. The van der Waals surface area contributed by atoms with Gasteiger partial charge in [-0.2, -0.15) is 0 Å². The van der Waals surface area contributed by atoms with Gasteiger partial charge in [-0.05, 0) is 32.1 Å². The number of allylic oxidation sites excluding steroid dienone is 1. The van der Waals surface area contributed by atoms with E-state index in [2.05, 4.69) is 13.5 Å². The molecule has 0 radical (unpaired) electrons. The second-order valence-corrected chi connectivity index (χ2v) is 11.2. The third-order valence-electron chi connectivity index (χ3n) is 7.55. The van der Waals surface area contributed by atoms with Gasteiger partial charge in [-0.25, -0.2) is 0 Å². The highest BCUT2D eigenvalue weighted by Gasteiger charge is 2.02. The minimum absolute atomic E-state index is 0.00229. The minimum Gasteiger partial charge on any atom is -0.466 e. The van der Waals surface area contributed by atoms with Crippen LogP contribution in [0.5, 0.6) is 0 Å². The molecule has 0 heterocycles. The molecule has 0 fully saturated rings. The molecule has 0 N–H and O–H groups in total. The summed E-state index contributed by atoms with van der Waals surface area (Å²) in [4.78, 5) is 11.7.